The highest BCUT2D eigenvalue weighted by Gasteiger charge is 2.15. The molecular weight excluding hydrogens is 210 g/mol. The zero-order valence-electron chi connectivity index (χ0n) is 11.4. The van der Waals surface area contributed by atoms with Crippen molar-refractivity contribution in [3.8, 4) is 0 Å². The van der Waals surface area contributed by atoms with Gasteiger partial charge < -0.3 is 10.5 Å². The normalized spacial score (nSPS) is 14.9. The Morgan fingerprint density at radius 2 is 1.94 bits per heavy atom. The van der Waals surface area contributed by atoms with Crippen LogP contribution < -0.4 is 5.73 Å². The van der Waals surface area contributed by atoms with Gasteiger partial charge in [-0.2, -0.15) is 0 Å². The summed E-state index contributed by atoms with van der Waals surface area (Å²) < 4.78 is 5.55. The van der Waals surface area contributed by atoms with Crippen molar-refractivity contribution in [1.29, 1.82) is 0 Å². The van der Waals surface area contributed by atoms with Crippen LogP contribution in [0.3, 0.4) is 0 Å². The summed E-state index contributed by atoms with van der Waals surface area (Å²) in [5, 5.41) is 0. The van der Waals surface area contributed by atoms with Crippen LogP contribution in [-0.2, 0) is 11.2 Å². The van der Waals surface area contributed by atoms with Gasteiger partial charge in [-0.3, -0.25) is 0 Å². The van der Waals surface area contributed by atoms with Crippen LogP contribution in [-0.4, -0.2) is 12.7 Å². The SMILES string of the molecule is CCOC(C)C(N)c1cccc(CC(C)C)c1. The van der Waals surface area contributed by atoms with E-state index < -0.39 is 0 Å². The summed E-state index contributed by atoms with van der Waals surface area (Å²) in [6, 6.07) is 8.51. The molecule has 2 unspecified atom stereocenters. The second kappa shape index (κ2) is 6.77. The van der Waals surface area contributed by atoms with Gasteiger partial charge in [0.2, 0.25) is 0 Å². The van der Waals surface area contributed by atoms with Gasteiger partial charge in [-0.1, -0.05) is 38.1 Å². The van der Waals surface area contributed by atoms with E-state index in [0.29, 0.717) is 12.5 Å². The van der Waals surface area contributed by atoms with Crippen molar-refractivity contribution in [2.45, 2.75) is 46.3 Å². The standard InChI is InChI=1S/C15H25NO/c1-5-17-12(4)15(16)14-8-6-7-13(10-14)9-11(2)3/h6-8,10-12,15H,5,9,16H2,1-4H3. The van der Waals surface area contributed by atoms with E-state index in [1.54, 1.807) is 0 Å². The predicted octanol–water partition coefficient (Wildman–Crippen LogP) is 3.31. The molecule has 1 aromatic rings. The third kappa shape index (κ3) is 4.49. The Balaban J connectivity index is 2.76. The van der Waals surface area contributed by atoms with Gasteiger partial charge in [-0.15, -0.1) is 0 Å². The van der Waals surface area contributed by atoms with Gasteiger partial charge in [0.25, 0.3) is 0 Å². The third-order valence-electron chi connectivity index (χ3n) is 2.92. The molecule has 0 bridgehead atoms. The smallest absolute Gasteiger partial charge is 0.0739 e. The van der Waals surface area contributed by atoms with Crippen LogP contribution in [0.1, 0.15) is 44.9 Å². The van der Waals surface area contributed by atoms with E-state index in [0.717, 1.165) is 6.42 Å². The molecule has 2 atom stereocenters. The van der Waals surface area contributed by atoms with Crippen molar-refractivity contribution < 1.29 is 4.74 Å². The average molecular weight is 235 g/mol. The monoisotopic (exact) mass is 235 g/mol. The van der Waals surface area contributed by atoms with E-state index in [2.05, 4.69) is 38.1 Å². The fraction of sp³-hybridized carbons (Fsp3) is 0.600. The lowest BCUT2D eigenvalue weighted by molar-refractivity contribution is 0.0574. The quantitative estimate of drug-likeness (QED) is 0.821. The van der Waals surface area contributed by atoms with Crippen LogP contribution in [0, 0.1) is 5.92 Å². The van der Waals surface area contributed by atoms with E-state index in [1.807, 2.05) is 13.8 Å². The molecule has 0 aliphatic carbocycles. The van der Waals surface area contributed by atoms with E-state index in [4.69, 9.17) is 10.5 Å². The molecule has 96 valence electrons. The lowest BCUT2D eigenvalue weighted by atomic mass is 9.97. The molecule has 0 aromatic heterocycles. The lowest BCUT2D eigenvalue weighted by Crippen LogP contribution is -2.26. The molecule has 2 N–H and O–H groups in total. The van der Waals surface area contributed by atoms with Gasteiger partial charge in [0.15, 0.2) is 0 Å². The highest BCUT2D eigenvalue weighted by Crippen LogP contribution is 2.19. The van der Waals surface area contributed by atoms with Crippen molar-refractivity contribution >= 4 is 0 Å². The highest BCUT2D eigenvalue weighted by molar-refractivity contribution is 5.26. The minimum Gasteiger partial charge on any atom is -0.377 e. The largest absolute Gasteiger partial charge is 0.377 e. The maximum Gasteiger partial charge on any atom is 0.0739 e. The number of benzene rings is 1. The molecule has 0 heterocycles. The molecule has 0 saturated carbocycles. The first-order valence-electron chi connectivity index (χ1n) is 6.50. The summed E-state index contributed by atoms with van der Waals surface area (Å²) in [5.74, 6) is 0.672. The van der Waals surface area contributed by atoms with Crippen molar-refractivity contribution in [1.82, 2.24) is 0 Å². The highest BCUT2D eigenvalue weighted by atomic mass is 16.5. The van der Waals surface area contributed by atoms with Crippen LogP contribution in [0.2, 0.25) is 0 Å². The maximum absolute atomic E-state index is 6.20. The zero-order chi connectivity index (χ0) is 12.8. The van der Waals surface area contributed by atoms with Crippen molar-refractivity contribution in [3.63, 3.8) is 0 Å². The fourth-order valence-electron chi connectivity index (χ4n) is 2.04. The lowest BCUT2D eigenvalue weighted by Gasteiger charge is -2.21. The van der Waals surface area contributed by atoms with E-state index >= 15 is 0 Å². The second-order valence-electron chi connectivity index (χ2n) is 5.03. The van der Waals surface area contributed by atoms with Gasteiger partial charge in [-0.25, -0.2) is 0 Å². The number of nitrogens with two attached hydrogens (primary N) is 1. The molecule has 0 saturated heterocycles. The Labute approximate surface area is 105 Å². The van der Waals surface area contributed by atoms with Crippen LogP contribution in [0.15, 0.2) is 24.3 Å². The molecule has 0 amide bonds. The first-order valence-corrected chi connectivity index (χ1v) is 6.50. The zero-order valence-corrected chi connectivity index (χ0v) is 11.4. The van der Waals surface area contributed by atoms with E-state index in [1.165, 1.54) is 11.1 Å². The van der Waals surface area contributed by atoms with Gasteiger partial charge in [0.1, 0.15) is 0 Å². The minimum absolute atomic E-state index is 0.0398. The third-order valence-corrected chi connectivity index (χ3v) is 2.92. The molecule has 2 heteroatoms. The number of ether oxygens (including phenoxy) is 1. The molecule has 2 nitrogen and oxygen atoms in total. The fourth-order valence-corrected chi connectivity index (χ4v) is 2.04. The first kappa shape index (κ1) is 14.2. The van der Waals surface area contributed by atoms with E-state index in [-0.39, 0.29) is 12.1 Å². The van der Waals surface area contributed by atoms with Crippen LogP contribution in [0.25, 0.3) is 0 Å². The van der Waals surface area contributed by atoms with Crippen molar-refractivity contribution in [3.05, 3.63) is 35.4 Å². The van der Waals surface area contributed by atoms with Crippen LogP contribution in [0.5, 0.6) is 0 Å². The summed E-state index contributed by atoms with van der Waals surface area (Å²) in [5.41, 5.74) is 8.73. The number of hydrogen-bond donors (Lipinski definition) is 1. The molecule has 0 radical (unpaired) electrons. The number of hydrogen-bond acceptors (Lipinski definition) is 2. The Morgan fingerprint density at radius 1 is 1.24 bits per heavy atom. The predicted molar refractivity (Wildman–Crippen MR) is 73.0 cm³/mol. The van der Waals surface area contributed by atoms with Gasteiger partial charge >= 0.3 is 0 Å². The summed E-state index contributed by atoms with van der Waals surface area (Å²) in [6.07, 6.45) is 1.16. The van der Waals surface area contributed by atoms with Crippen LogP contribution in [0.4, 0.5) is 0 Å². The molecule has 17 heavy (non-hydrogen) atoms. The molecule has 0 aliphatic heterocycles. The summed E-state index contributed by atoms with van der Waals surface area (Å²) >= 11 is 0. The Bertz CT molecular complexity index is 335. The average Bonchev–Trinajstić information content (AvgIpc) is 2.28. The van der Waals surface area contributed by atoms with Crippen molar-refractivity contribution in [2.24, 2.45) is 11.7 Å². The Morgan fingerprint density at radius 3 is 2.53 bits per heavy atom. The van der Waals surface area contributed by atoms with Gasteiger partial charge in [-0.05, 0) is 37.3 Å². The second-order valence-corrected chi connectivity index (χ2v) is 5.03. The molecule has 0 fully saturated rings. The topological polar surface area (TPSA) is 35.2 Å². The van der Waals surface area contributed by atoms with Crippen LogP contribution >= 0.6 is 0 Å². The first-order chi connectivity index (χ1) is 8.04. The van der Waals surface area contributed by atoms with Crippen molar-refractivity contribution in [2.75, 3.05) is 6.61 Å². The molecule has 0 spiro atoms. The maximum atomic E-state index is 6.20. The Kier molecular flexibility index (Phi) is 5.66. The van der Waals surface area contributed by atoms with Gasteiger partial charge in [0.05, 0.1) is 12.1 Å². The van der Waals surface area contributed by atoms with Gasteiger partial charge in [0, 0.05) is 6.61 Å². The Hall–Kier alpha value is -0.860. The summed E-state index contributed by atoms with van der Waals surface area (Å²) in [6.45, 7) is 9.20. The summed E-state index contributed by atoms with van der Waals surface area (Å²) in [7, 11) is 0. The molecule has 1 rings (SSSR count). The summed E-state index contributed by atoms with van der Waals surface area (Å²) in [4.78, 5) is 0. The van der Waals surface area contributed by atoms with E-state index in [9.17, 15) is 0 Å². The number of rotatable bonds is 6. The molecule has 0 aliphatic rings. The molecular formula is C15H25NO. The minimum atomic E-state index is -0.0398. The molecule has 1 aromatic carbocycles.